The van der Waals surface area contributed by atoms with Gasteiger partial charge in [-0.25, -0.2) is 0 Å². The first-order valence-corrected chi connectivity index (χ1v) is 3.94. The Hall–Kier alpha value is -0.990. The van der Waals surface area contributed by atoms with Crippen LogP contribution in [0, 0.1) is 0 Å². The molecule has 0 aliphatic rings. The topological polar surface area (TPSA) is 46.2 Å². The van der Waals surface area contributed by atoms with E-state index >= 15 is 0 Å². The van der Waals surface area contributed by atoms with Crippen molar-refractivity contribution < 1.29 is 5.11 Å². The minimum Gasteiger partial charge on any atom is -0.405 e. The molecule has 1 aromatic rings. The monoisotopic (exact) mass is 183 g/mol. The standard InChI is InChI=1S/C9H10ClNO/c10-8-3-1-7(2-4-8)9(12)5-6-11/h1-6,9,12H,11H2/b6-5+. The van der Waals surface area contributed by atoms with E-state index in [2.05, 4.69) is 0 Å². The fraction of sp³-hybridized carbons (Fsp3) is 0.111. The zero-order valence-electron chi connectivity index (χ0n) is 6.44. The number of nitrogens with two attached hydrogens (primary N) is 1. The highest BCUT2D eigenvalue weighted by atomic mass is 35.5. The Labute approximate surface area is 76.3 Å². The molecule has 0 aliphatic carbocycles. The van der Waals surface area contributed by atoms with Gasteiger partial charge in [0.05, 0.1) is 6.10 Å². The van der Waals surface area contributed by atoms with E-state index in [1.807, 2.05) is 0 Å². The lowest BCUT2D eigenvalue weighted by molar-refractivity contribution is 0.228. The van der Waals surface area contributed by atoms with Crippen LogP contribution in [0.15, 0.2) is 36.5 Å². The molecule has 1 aromatic carbocycles. The maximum Gasteiger partial charge on any atom is 0.0988 e. The van der Waals surface area contributed by atoms with Crippen molar-refractivity contribution in [1.82, 2.24) is 0 Å². The highest BCUT2D eigenvalue weighted by Gasteiger charge is 2.01. The summed E-state index contributed by atoms with van der Waals surface area (Å²) in [6.45, 7) is 0. The van der Waals surface area contributed by atoms with Crippen molar-refractivity contribution >= 4 is 11.6 Å². The molecular formula is C9H10ClNO. The number of aliphatic hydroxyl groups excluding tert-OH is 1. The van der Waals surface area contributed by atoms with E-state index in [9.17, 15) is 5.11 Å². The van der Waals surface area contributed by atoms with E-state index < -0.39 is 6.10 Å². The Morgan fingerprint density at radius 3 is 2.42 bits per heavy atom. The van der Waals surface area contributed by atoms with E-state index in [1.54, 1.807) is 24.3 Å². The van der Waals surface area contributed by atoms with Gasteiger partial charge < -0.3 is 10.8 Å². The van der Waals surface area contributed by atoms with Crippen LogP contribution in [0.25, 0.3) is 0 Å². The number of benzene rings is 1. The minimum absolute atomic E-state index is 0.646. The van der Waals surface area contributed by atoms with Crippen LogP contribution in [0.5, 0.6) is 0 Å². The maximum absolute atomic E-state index is 9.40. The summed E-state index contributed by atoms with van der Waals surface area (Å²) in [4.78, 5) is 0. The maximum atomic E-state index is 9.40. The Bertz CT molecular complexity index is 268. The van der Waals surface area contributed by atoms with Gasteiger partial charge in [-0.2, -0.15) is 0 Å². The van der Waals surface area contributed by atoms with E-state index in [4.69, 9.17) is 17.3 Å². The summed E-state index contributed by atoms with van der Waals surface area (Å²) in [5.74, 6) is 0. The van der Waals surface area contributed by atoms with Crippen LogP contribution < -0.4 is 5.73 Å². The molecule has 1 atom stereocenters. The molecule has 0 saturated heterocycles. The van der Waals surface area contributed by atoms with Crippen LogP contribution in [-0.2, 0) is 0 Å². The molecule has 0 amide bonds. The van der Waals surface area contributed by atoms with Crippen molar-refractivity contribution in [3.63, 3.8) is 0 Å². The molecule has 1 rings (SSSR count). The van der Waals surface area contributed by atoms with Crippen molar-refractivity contribution in [2.45, 2.75) is 6.10 Å². The first-order valence-electron chi connectivity index (χ1n) is 3.56. The number of hydrogen-bond acceptors (Lipinski definition) is 2. The lowest BCUT2D eigenvalue weighted by Gasteiger charge is -2.04. The van der Waals surface area contributed by atoms with Crippen molar-refractivity contribution in [3.8, 4) is 0 Å². The van der Waals surface area contributed by atoms with Crippen LogP contribution in [-0.4, -0.2) is 5.11 Å². The molecule has 0 fully saturated rings. The Morgan fingerprint density at radius 2 is 1.92 bits per heavy atom. The molecule has 1 unspecified atom stereocenters. The van der Waals surface area contributed by atoms with Gasteiger partial charge >= 0.3 is 0 Å². The van der Waals surface area contributed by atoms with Crippen LogP contribution >= 0.6 is 11.6 Å². The summed E-state index contributed by atoms with van der Waals surface area (Å²) in [6, 6.07) is 6.97. The molecule has 0 aliphatic heterocycles. The average Bonchev–Trinajstić information content (AvgIpc) is 2.06. The second kappa shape index (κ2) is 4.14. The van der Waals surface area contributed by atoms with Crippen molar-refractivity contribution in [3.05, 3.63) is 47.1 Å². The van der Waals surface area contributed by atoms with Crippen molar-refractivity contribution in [1.29, 1.82) is 0 Å². The molecule has 3 N–H and O–H groups in total. The van der Waals surface area contributed by atoms with E-state index in [-0.39, 0.29) is 0 Å². The Morgan fingerprint density at radius 1 is 1.33 bits per heavy atom. The van der Waals surface area contributed by atoms with Gasteiger partial charge in [0, 0.05) is 5.02 Å². The van der Waals surface area contributed by atoms with Crippen molar-refractivity contribution in [2.24, 2.45) is 5.73 Å². The van der Waals surface area contributed by atoms with Gasteiger partial charge in [0.25, 0.3) is 0 Å². The normalized spacial score (nSPS) is 13.5. The molecule has 2 nitrogen and oxygen atoms in total. The molecular weight excluding hydrogens is 174 g/mol. The van der Waals surface area contributed by atoms with Crippen LogP contribution in [0.3, 0.4) is 0 Å². The lowest BCUT2D eigenvalue weighted by Crippen LogP contribution is -1.93. The molecule has 0 saturated carbocycles. The average molecular weight is 184 g/mol. The second-order valence-electron chi connectivity index (χ2n) is 2.38. The first-order chi connectivity index (χ1) is 5.74. The molecule has 0 radical (unpaired) electrons. The lowest BCUT2D eigenvalue weighted by atomic mass is 10.1. The van der Waals surface area contributed by atoms with E-state index in [0.29, 0.717) is 5.02 Å². The number of halogens is 1. The Balaban J connectivity index is 2.82. The van der Waals surface area contributed by atoms with Crippen LogP contribution in [0.2, 0.25) is 5.02 Å². The van der Waals surface area contributed by atoms with Crippen LogP contribution in [0.1, 0.15) is 11.7 Å². The van der Waals surface area contributed by atoms with E-state index in [0.717, 1.165) is 5.56 Å². The van der Waals surface area contributed by atoms with Gasteiger partial charge in [-0.05, 0) is 30.0 Å². The highest BCUT2D eigenvalue weighted by Crippen LogP contribution is 2.16. The summed E-state index contributed by atoms with van der Waals surface area (Å²) in [5.41, 5.74) is 5.91. The predicted octanol–water partition coefficient (Wildman–Crippen LogP) is 1.85. The first kappa shape index (κ1) is 9.10. The van der Waals surface area contributed by atoms with Gasteiger partial charge in [0.1, 0.15) is 0 Å². The zero-order chi connectivity index (χ0) is 8.97. The Kier molecular flexibility index (Phi) is 3.14. The van der Waals surface area contributed by atoms with Gasteiger partial charge in [0.15, 0.2) is 0 Å². The summed E-state index contributed by atoms with van der Waals surface area (Å²) in [7, 11) is 0. The predicted molar refractivity (Wildman–Crippen MR) is 49.7 cm³/mol. The molecule has 0 aromatic heterocycles. The van der Waals surface area contributed by atoms with Gasteiger partial charge in [-0.15, -0.1) is 0 Å². The fourth-order valence-corrected chi connectivity index (χ4v) is 1.00. The summed E-state index contributed by atoms with van der Waals surface area (Å²) >= 11 is 5.67. The van der Waals surface area contributed by atoms with Crippen molar-refractivity contribution in [2.75, 3.05) is 0 Å². The molecule has 12 heavy (non-hydrogen) atoms. The van der Waals surface area contributed by atoms with Gasteiger partial charge in [-0.1, -0.05) is 23.7 Å². The third-order valence-corrected chi connectivity index (χ3v) is 1.76. The number of hydrogen-bond donors (Lipinski definition) is 2. The number of aliphatic hydroxyl groups is 1. The van der Waals surface area contributed by atoms with Gasteiger partial charge in [0.2, 0.25) is 0 Å². The second-order valence-corrected chi connectivity index (χ2v) is 2.82. The largest absolute Gasteiger partial charge is 0.405 e. The minimum atomic E-state index is -0.646. The molecule has 0 spiro atoms. The zero-order valence-corrected chi connectivity index (χ0v) is 7.20. The molecule has 0 heterocycles. The van der Waals surface area contributed by atoms with E-state index in [1.165, 1.54) is 12.3 Å². The quantitative estimate of drug-likeness (QED) is 0.735. The third kappa shape index (κ3) is 2.26. The SMILES string of the molecule is N/C=C/C(O)c1ccc(Cl)cc1. The molecule has 0 bridgehead atoms. The smallest absolute Gasteiger partial charge is 0.0988 e. The van der Waals surface area contributed by atoms with Gasteiger partial charge in [-0.3, -0.25) is 0 Å². The fourth-order valence-electron chi connectivity index (χ4n) is 0.876. The number of rotatable bonds is 2. The van der Waals surface area contributed by atoms with Crippen LogP contribution in [0.4, 0.5) is 0 Å². The third-order valence-electron chi connectivity index (χ3n) is 1.50. The summed E-state index contributed by atoms with van der Waals surface area (Å²) in [5, 5.41) is 10.1. The molecule has 64 valence electrons. The summed E-state index contributed by atoms with van der Waals surface area (Å²) in [6.07, 6.45) is 2.18. The highest BCUT2D eigenvalue weighted by molar-refractivity contribution is 6.30. The summed E-state index contributed by atoms with van der Waals surface area (Å²) < 4.78 is 0. The molecule has 3 heteroatoms.